The molecule has 4 aliphatic rings. The second-order valence-corrected chi connectivity index (χ2v) is 15.1. The molecule has 46 heavy (non-hydrogen) atoms. The van der Waals surface area contributed by atoms with Gasteiger partial charge in [0.25, 0.3) is 0 Å². The van der Waals surface area contributed by atoms with Crippen molar-refractivity contribution in [2.24, 2.45) is 23.7 Å². The smallest absolute Gasteiger partial charge is 0.412 e. The lowest BCUT2D eigenvalue weighted by Crippen LogP contribution is -2.57. The zero-order chi connectivity index (χ0) is 34.3. The molecule has 0 spiro atoms. The molecular formula is C35H59N3O8. The maximum atomic E-state index is 14.3. The van der Waals surface area contributed by atoms with Crippen LogP contribution in [0.2, 0.25) is 0 Å². The Bertz CT molecular complexity index is 1140. The zero-order valence-corrected chi connectivity index (χ0v) is 30.0. The molecule has 0 aromatic heterocycles. The molecule has 0 saturated carbocycles. The molecule has 11 nitrogen and oxygen atoms in total. The van der Waals surface area contributed by atoms with Gasteiger partial charge in [0.05, 0.1) is 37.1 Å². The van der Waals surface area contributed by atoms with E-state index < -0.39 is 53.6 Å². The fourth-order valence-corrected chi connectivity index (χ4v) is 8.71. The summed E-state index contributed by atoms with van der Waals surface area (Å²) in [7, 11) is 4.13. The number of rotatable bonds is 7. The number of carbonyl (C=O) groups excluding carboxylic acids is 3. The highest BCUT2D eigenvalue weighted by Gasteiger charge is 2.62. The normalized spacial score (nSPS) is 45.7. The summed E-state index contributed by atoms with van der Waals surface area (Å²) in [5, 5.41) is 0. The summed E-state index contributed by atoms with van der Waals surface area (Å²) >= 11 is 0. The van der Waals surface area contributed by atoms with Crippen molar-refractivity contribution < 1.29 is 38.1 Å². The molecule has 2 bridgehead atoms. The van der Waals surface area contributed by atoms with Crippen LogP contribution < -0.4 is 0 Å². The summed E-state index contributed by atoms with van der Waals surface area (Å²) in [6, 6.07) is -0.137. The first kappa shape index (κ1) is 36.8. The van der Waals surface area contributed by atoms with Crippen LogP contribution in [-0.4, -0.2) is 120 Å². The van der Waals surface area contributed by atoms with Gasteiger partial charge in [-0.1, -0.05) is 33.8 Å². The molecule has 4 heterocycles. The molecule has 4 fully saturated rings. The molecule has 4 saturated heterocycles. The summed E-state index contributed by atoms with van der Waals surface area (Å²) in [6.45, 7) is 22.8. The molecule has 14 atom stereocenters. The highest BCUT2D eigenvalue weighted by Crippen LogP contribution is 2.44. The minimum Gasteiger partial charge on any atom is -0.458 e. The minimum absolute atomic E-state index is 0.0177. The first-order valence-electron chi connectivity index (χ1n) is 17.2. The Morgan fingerprint density at radius 2 is 1.76 bits per heavy atom. The van der Waals surface area contributed by atoms with Crippen LogP contribution in [0.25, 0.3) is 0 Å². The van der Waals surface area contributed by atoms with Gasteiger partial charge in [0, 0.05) is 30.5 Å². The quantitative estimate of drug-likeness (QED) is 0.223. The van der Waals surface area contributed by atoms with Crippen LogP contribution >= 0.6 is 0 Å². The van der Waals surface area contributed by atoms with Crippen molar-refractivity contribution in [2.75, 3.05) is 33.9 Å². The van der Waals surface area contributed by atoms with E-state index in [9.17, 15) is 14.4 Å². The topological polar surface area (TPSA) is 107 Å². The van der Waals surface area contributed by atoms with E-state index in [-0.39, 0.29) is 48.5 Å². The molecule has 11 heteroatoms. The van der Waals surface area contributed by atoms with Crippen molar-refractivity contribution in [3.8, 4) is 0 Å². The van der Waals surface area contributed by atoms with Crippen LogP contribution in [0.3, 0.4) is 0 Å². The Labute approximate surface area is 276 Å². The van der Waals surface area contributed by atoms with Crippen LogP contribution in [0, 0.1) is 23.7 Å². The predicted molar refractivity (Wildman–Crippen MR) is 174 cm³/mol. The Balaban J connectivity index is 1.77. The van der Waals surface area contributed by atoms with Crippen molar-refractivity contribution in [2.45, 2.75) is 136 Å². The monoisotopic (exact) mass is 649 g/mol. The second-order valence-electron chi connectivity index (χ2n) is 15.1. The van der Waals surface area contributed by atoms with Crippen molar-refractivity contribution in [3.05, 3.63) is 12.7 Å². The zero-order valence-electron chi connectivity index (χ0n) is 30.0. The summed E-state index contributed by atoms with van der Waals surface area (Å²) in [5.74, 6) is -2.63. The molecule has 262 valence electrons. The average Bonchev–Trinajstić information content (AvgIpc) is 3.45. The van der Waals surface area contributed by atoms with E-state index in [0.29, 0.717) is 26.1 Å². The minimum atomic E-state index is -1.08. The number of hydrogen-bond donors (Lipinski definition) is 0. The number of esters is 1. The lowest BCUT2D eigenvalue weighted by atomic mass is 9.78. The summed E-state index contributed by atoms with van der Waals surface area (Å²) in [4.78, 5) is 47.4. The second kappa shape index (κ2) is 14.2. The molecule has 0 radical (unpaired) electrons. The fourth-order valence-electron chi connectivity index (χ4n) is 8.71. The first-order valence-corrected chi connectivity index (χ1v) is 17.2. The SMILES string of the molecule is C=CCO[C@]1(C)C[C@@H](C)CN2CN3C(=O)O[C@](C)([C@@H](CC)OC(=O)[C@H](C)C(=O)[C@H](C)[C@H]1O[C@@H]1OC(C)CC(N(C)C)C1C)[C@H]3[C@H]2C. The van der Waals surface area contributed by atoms with Gasteiger partial charge in [-0.05, 0) is 73.9 Å². The maximum absolute atomic E-state index is 14.3. The van der Waals surface area contributed by atoms with Gasteiger partial charge in [-0.2, -0.15) is 0 Å². The van der Waals surface area contributed by atoms with E-state index in [2.05, 4.69) is 51.2 Å². The molecule has 0 aromatic carbocycles. The highest BCUT2D eigenvalue weighted by molar-refractivity contribution is 6.00. The predicted octanol–water partition coefficient (Wildman–Crippen LogP) is 4.48. The Hall–Kier alpha value is -2.05. The van der Waals surface area contributed by atoms with Gasteiger partial charge in [0.2, 0.25) is 0 Å². The van der Waals surface area contributed by atoms with Crippen LogP contribution in [0.5, 0.6) is 0 Å². The van der Waals surface area contributed by atoms with Gasteiger partial charge in [0.15, 0.2) is 17.7 Å². The van der Waals surface area contributed by atoms with Crippen LogP contribution in [0.4, 0.5) is 4.79 Å². The van der Waals surface area contributed by atoms with Gasteiger partial charge in [0.1, 0.15) is 12.0 Å². The number of hydrogen-bond acceptors (Lipinski definition) is 10. The molecule has 0 aromatic rings. The summed E-state index contributed by atoms with van der Waals surface area (Å²) < 4.78 is 32.0. The number of fused-ring (bicyclic) bond motifs is 1. The number of ether oxygens (including phenoxy) is 5. The Morgan fingerprint density at radius 3 is 2.37 bits per heavy atom. The molecule has 0 aliphatic carbocycles. The molecular weight excluding hydrogens is 590 g/mol. The molecule has 4 aliphatic heterocycles. The molecule has 4 rings (SSSR count). The van der Waals surface area contributed by atoms with Crippen molar-refractivity contribution >= 4 is 17.8 Å². The molecule has 0 N–H and O–H groups in total. The third-order valence-electron chi connectivity index (χ3n) is 11.1. The van der Waals surface area contributed by atoms with Gasteiger partial charge in [-0.15, -0.1) is 6.58 Å². The van der Waals surface area contributed by atoms with Crippen LogP contribution in [-0.2, 0) is 33.3 Å². The third-order valence-corrected chi connectivity index (χ3v) is 11.1. The first-order chi connectivity index (χ1) is 21.5. The van der Waals surface area contributed by atoms with Gasteiger partial charge in [-0.25, -0.2) is 4.79 Å². The number of cyclic esters (lactones) is 1. The van der Waals surface area contributed by atoms with Crippen LogP contribution in [0.1, 0.15) is 81.6 Å². The van der Waals surface area contributed by atoms with Gasteiger partial charge < -0.3 is 28.6 Å². The third kappa shape index (κ3) is 6.90. The number of Topliss-reactive ketones (excluding diaryl/α,β-unsaturated/α-hetero) is 1. The van der Waals surface area contributed by atoms with E-state index in [0.717, 1.165) is 6.42 Å². The van der Waals surface area contributed by atoms with Crippen molar-refractivity contribution in [3.63, 3.8) is 0 Å². The Kier molecular flexibility index (Phi) is 11.4. The summed E-state index contributed by atoms with van der Waals surface area (Å²) in [6.07, 6.45) is 1.06. The number of nitrogens with zero attached hydrogens (tertiary/aromatic N) is 3. The Morgan fingerprint density at radius 1 is 1.09 bits per heavy atom. The molecule has 1 amide bonds. The molecule has 4 unspecified atom stereocenters. The van der Waals surface area contributed by atoms with E-state index in [1.54, 1.807) is 17.9 Å². The van der Waals surface area contributed by atoms with Crippen LogP contribution in [0.15, 0.2) is 12.7 Å². The van der Waals surface area contributed by atoms with E-state index in [1.165, 1.54) is 0 Å². The average molecular weight is 650 g/mol. The maximum Gasteiger partial charge on any atom is 0.412 e. The number of carbonyl (C=O) groups is 3. The number of ketones is 1. The fraction of sp³-hybridized carbons (Fsp3) is 0.857. The standard InChI is InChI=1S/C35H59N3O8/c1-13-15-42-34(9)17-20(3)18-37-19-38-29(25(37)8)35(10,46-33(38)41)27(14-2)44-31(40)24(7)28(39)23(6)30(34)45-32-22(5)26(36(11)12)16-21(4)43-32/h13,20-27,29-30,32H,1,14-19H2,2-12H3/t20-,21?,22?,23+,24-,25-,26?,27-,29-,30-,32+,34-,35-/m1/s1. The van der Waals surface area contributed by atoms with Gasteiger partial charge >= 0.3 is 12.1 Å². The van der Waals surface area contributed by atoms with Crippen molar-refractivity contribution in [1.82, 2.24) is 14.7 Å². The highest BCUT2D eigenvalue weighted by atomic mass is 16.7. The van der Waals surface area contributed by atoms with E-state index >= 15 is 0 Å². The van der Waals surface area contributed by atoms with Gasteiger partial charge in [-0.3, -0.25) is 19.4 Å². The van der Waals surface area contributed by atoms with E-state index in [1.807, 2.05) is 34.6 Å². The van der Waals surface area contributed by atoms with Crippen molar-refractivity contribution in [1.29, 1.82) is 0 Å². The lowest BCUT2D eigenvalue weighted by molar-refractivity contribution is -0.282. The number of amides is 1. The summed E-state index contributed by atoms with van der Waals surface area (Å²) in [5.41, 5.74) is -2.00. The van der Waals surface area contributed by atoms with E-state index in [4.69, 9.17) is 23.7 Å². The lowest BCUT2D eigenvalue weighted by Gasteiger charge is -2.47. The largest absolute Gasteiger partial charge is 0.458 e.